The molecule has 3 N–H and O–H groups in total. The van der Waals surface area contributed by atoms with E-state index in [-0.39, 0.29) is 17.6 Å². The van der Waals surface area contributed by atoms with E-state index in [1.807, 2.05) is 38.5 Å². The number of aromatic hydroxyl groups is 1. The van der Waals surface area contributed by atoms with E-state index in [0.29, 0.717) is 36.7 Å². The number of fused-ring (bicyclic) bond motifs is 1. The Balaban J connectivity index is 0.000000268. The Labute approximate surface area is 212 Å². The van der Waals surface area contributed by atoms with Gasteiger partial charge in [0.15, 0.2) is 11.4 Å². The number of hydrogen-bond acceptors (Lipinski definition) is 8. The van der Waals surface area contributed by atoms with Gasteiger partial charge in [-0.15, -0.1) is 10.2 Å². The van der Waals surface area contributed by atoms with Gasteiger partial charge in [0.2, 0.25) is 0 Å². The van der Waals surface area contributed by atoms with Crippen molar-refractivity contribution < 1.29 is 24.1 Å². The van der Waals surface area contributed by atoms with E-state index in [1.54, 1.807) is 12.1 Å². The van der Waals surface area contributed by atoms with Gasteiger partial charge in [-0.25, -0.2) is 0 Å². The Kier molecular flexibility index (Phi) is 13.4. The average molecular weight is 499 g/mol. The van der Waals surface area contributed by atoms with Gasteiger partial charge in [-0.1, -0.05) is 18.7 Å². The first-order valence-corrected chi connectivity index (χ1v) is 12.1. The maximum Gasteiger partial charge on any atom is 0.160 e. The summed E-state index contributed by atoms with van der Waals surface area (Å²) in [6.45, 7) is 8.42. The number of carbonyl (C=O) groups excluding carboxylic acids is 1. The van der Waals surface area contributed by atoms with Crippen molar-refractivity contribution in [3.8, 4) is 17.0 Å². The first kappa shape index (κ1) is 29.1. The number of nitrogens with zero attached hydrogens (tertiary/aromatic N) is 2. The molecule has 2 aliphatic rings. The molecule has 9 heteroatoms. The number of carbonyl (C=O) groups is 1. The number of phenolic OH excluding ortho intramolecular Hbond substituents is 1. The lowest BCUT2D eigenvalue weighted by Gasteiger charge is -2.22. The Bertz CT molecular complexity index is 1050. The maximum atomic E-state index is 9.98. The highest BCUT2D eigenvalue weighted by molar-refractivity contribution is 5.86. The fourth-order valence-corrected chi connectivity index (χ4v) is 3.38. The van der Waals surface area contributed by atoms with Crippen molar-refractivity contribution in [3.63, 3.8) is 0 Å². The van der Waals surface area contributed by atoms with Crippen LogP contribution in [0.25, 0.3) is 22.3 Å². The van der Waals surface area contributed by atoms with Crippen LogP contribution in [0.3, 0.4) is 0 Å². The number of aromatic amines is 1. The van der Waals surface area contributed by atoms with Gasteiger partial charge in [0, 0.05) is 35.9 Å². The third kappa shape index (κ3) is 9.50. The molecule has 0 spiro atoms. The molecule has 0 radical (unpaired) electrons. The molecule has 3 aromatic rings. The molecule has 0 bridgehead atoms. The molecule has 196 valence electrons. The van der Waals surface area contributed by atoms with Crippen molar-refractivity contribution in [1.82, 2.24) is 20.5 Å². The monoisotopic (exact) mass is 498 g/mol. The summed E-state index contributed by atoms with van der Waals surface area (Å²) in [5.74, 6) is 0.204. The highest BCUT2D eigenvalue weighted by Gasteiger charge is 2.21. The lowest BCUT2D eigenvalue weighted by atomic mass is 10.1. The smallest absolute Gasteiger partial charge is 0.160 e. The van der Waals surface area contributed by atoms with Gasteiger partial charge >= 0.3 is 0 Å². The van der Waals surface area contributed by atoms with Crippen LogP contribution in [-0.4, -0.2) is 73.2 Å². The van der Waals surface area contributed by atoms with Crippen molar-refractivity contribution in [2.24, 2.45) is 0 Å². The van der Waals surface area contributed by atoms with E-state index in [9.17, 15) is 9.90 Å². The molecule has 9 nitrogen and oxygen atoms in total. The van der Waals surface area contributed by atoms with E-state index >= 15 is 0 Å². The van der Waals surface area contributed by atoms with E-state index in [0.717, 1.165) is 24.2 Å². The molecular formula is C27H38N4O5. The molecule has 2 aromatic heterocycles. The van der Waals surface area contributed by atoms with E-state index in [2.05, 4.69) is 27.1 Å². The minimum atomic E-state index is -0.107. The zero-order chi connectivity index (χ0) is 26.2. The maximum absolute atomic E-state index is 9.98. The summed E-state index contributed by atoms with van der Waals surface area (Å²) in [5, 5.41) is 22.1. The average Bonchev–Trinajstić information content (AvgIpc) is 3.35. The SMILES string of the molecule is C1CCOCC1.C=CC(C)=O.CNC.Oc1ccccc1-c1cc2c(C3COCCO3)c[nH]c2nn1. The van der Waals surface area contributed by atoms with Gasteiger partial charge in [0.25, 0.3) is 0 Å². The van der Waals surface area contributed by atoms with Gasteiger partial charge in [-0.3, -0.25) is 4.79 Å². The lowest BCUT2D eigenvalue weighted by molar-refractivity contribution is -0.112. The molecule has 2 aliphatic heterocycles. The zero-order valence-corrected chi connectivity index (χ0v) is 21.5. The standard InChI is InChI=1S/C16H15N3O3.C5H10O.C4H6O.C2H7N/c20-14-4-2-1-3-10(14)13-7-11-12(8-17-16(11)19-18-13)15-9-21-5-6-22-15;1-2-4-6-5-3-1;1-3-4(2)5;1-3-2/h1-4,7-8,15,20H,5-6,9H2,(H,17,19);1-5H2;3H,1H2,2H3;3H,1-2H3. The highest BCUT2D eigenvalue weighted by atomic mass is 16.6. The van der Waals surface area contributed by atoms with E-state index in [4.69, 9.17) is 14.2 Å². The summed E-state index contributed by atoms with van der Waals surface area (Å²) in [7, 11) is 3.75. The highest BCUT2D eigenvalue weighted by Crippen LogP contribution is 2.32. The number of para-hydroxylation sites is 1. The Morgan fingerprint density at radius 2 is 1.81 bits per heavy atom. The normalized spacial score (nSPS) is 16.8. The predicted molar refractivity (Wildman–Crippen MR) is 141 cm³/mol. The molecule has 0 amide bonds. The molecule has 0 aliphatic carbocycles. The number of phenols is 1. The van der Waals surface area contributed by atoms with E-state index in [1.165, 1.54) is 32.3 Å². The molecule has 1 aromatic carbocycles. The Morgan fingerprint density at radius 3 is 2.33 bits per heavy atom. The molecule has 1 atom stereocenters. The van der Waals surface area contributed by atoms with Crippen LogP contribution in [-0.2, 0) is 19.0 Å². The number of ketones is 1. The fourth-order valence-electron chi connectivity index (χ4n) is 3.38. The number of allylic oxidation sites excluding steroid dienone is 1. The van der Waals surface area contributed by atoms with Gasteiger partial charge in [-0.05, 0) is 64.6 Å². The van der Waals surface area contributed by atoms with Crippen molar-refractivity contribution in [1.29, 1.82) is 0 Å². The van der Waals surface area contributed by atoms with Crippen LogP contribution in [0, 0.1) is 0 Å². The summed E-state index contributed by atoms with van der Waals surface area (Å²) >= 11 is 0. The quantitative estimate of drug-likeness (QED) is 0.460. The number of hydrogen-bond donors (Lipinski definition) is 3. The van der Waals surface area contributed by atoms with Gasteiger partial charge in [0.1, 0.15) is 11.9 Å². The second-order valence-corrected chi connectivity index (χ2v) is 8.18. The van der Waals surface area contributed by atoms with Crippen LogP contribution in [0.2, 0.25) is 0 Å². The summed E-state index contributed by atoms with van der Waals surface area (Å²) in [6, 6.07) is 9.01. The molecule has 5 rings (SSSR count). The number of benzene rings is 1. The third-order valence-electron chi connectivity index (χ3n) is 5.18. The lowest BCUT2D eigenvalue weighted by Crippen LogP contribution is -2.21. The topological polar surface area (TPSA) is 119 Å². The molecular weight excluding hydrogens is 460 g/mol. The molecule has 36 heavy (non-hydrogen) atoms. The number of nitrogens with one attached hydrogen (secondary N) is 2. The largest absolute Gasteiger partial charge is 0.507 e. The number of rotatable bonds is 3. The van der Waals surface area contributed by atoms with Crippen LogP contribution >= 0.6 is 0 Å². The first-order valence-electron chi connectivity index (χ1n) is 12.1. The Morgan fingerprint density at radius 1 is 1.11 bits per heavy atom. The second-order valence-electron chi connectivity index (χ2n) is 8.18. The summed E-state index contributed by atoms with van der Waals surface area (Å²) in [4.78, 5) is 12.8. The Hall–Kier alpha value is -3.11. The fraction of sp³-hybridized carbons (Fsp3) is 0.444. The van der Waals surface area contributed by atoms with Gasteiger partial charge in [0.05, 0.1) is 25.5 Å². The van der Waals surface area contributed by atoms with Crippen molar-refractivity contribution in [3.05, 3.63) is 54.7 Å². The third-order valence-corrected chi connectivity index (χ3v) is 5.18. The number of H-pyrrole nitrogens is 1. The molecule has 2 saturated heterocycles. The molecule has 2 fully saturated rings. The molecule has 0 saturated carbocycles. The van der Waals surface area contributed by atoms with E-state index < -0.39 is 0 Å². The summed E-state index contributed by atoms with van der Waals surface area (Å²) in [6.07, 6.45) is 6.98. The van der Waals surface area contributed by atoms with Crippen molar-refractivity contribution >= 4 is 16.8 Å². The van der Waals surface area contributed by atoms with Crippen LogP contribution in [0.4, 0.5) is 0 Å². The summed E-state index contributed by atoms with van der Waals surface area (Å²) < 4.78 is 16.3. The summed E-state index contributed by atoms with van der Waals surface area (Å²) in [5.41, 5.74) is 2.98. The minimum Gasteiger partial charge on any atom is -0.507 e. The van der Waals surface area contributed by atoms with Crippen molar-refractivity contribution in [2.45, 2.75) is 32.3 Å². The molecule has 4 heterocycles. The van der Waals surface area contributed by atoms with Crippen LogP contribution in [0.15, 0.2) is 49.2 Å². The van der Waals surface area contributed by atoms with Crippen molar-refractivity contribution in [2.75, 3.05) is 47.1 Å². The minimum absolute atomic E-state index is 0.0185. The number of aromatic nitrogens is 3. The van der Waals surface area contributed by atoms with Crippen LogP contribution in [0.1, 0.15) is 37.9 Å². The van der Waals surface area contributed by atoms with Crippen LogP contribution in [0.5, 0.6) is 5.75 Å². The second kappa shape index (κ2) is 16.5. The number of ether oxygens (including phenoxy) is 3. The van der Waals surface area contributed by atoms with Crippen LogP contribution < -0.4 is 5.32 Å². The predicted octanol–water partition coefficient (Wildman–Crippen LogP) is 4.20. The molecule has 1 unspecified atom stereocenters. The van der Waals surface area contributed by atoms with Gasteiger partial charge in [-0.2, -0.15) is 0 Å². The van der Waals surface area contributed by atoms with Gasteiger partial charge < -0.3 is 29.6 Å². The zero-order valence-electron chi connectivity index (χ0n) is 21.5. The first-order chi connectivity index (χ1) is 17.5.